The number of carbonyl (C=O) groups is 2. The first-order chi connectivity index (χ1) is 10.1. The Kier molecular flexibility index (Phi) is 3.44. The summed E-state index contributed by atoms with van der Waals surface area (Å²) in [7, 11) is 0. The molecule has 1 aliphatic heterocycles. The van der Waals surface area contributed by atoms with Gasteiger partial charge in [-0.2, -0.15) is 0 Å². The molecule has 1 fully saturated rings. The van der Waals surface area contributed by atoms with Gasteiger partial charge in [0.05, 0.1) is 12.0 Å². The van der Waals surface area contributed by atoms with Crippen molar-refractivity contribution in [3.8, 4) is 0 Å². The molecule has 1 aromatic carbocycles. The molecule has 4 heteroatoms. The lowest BCUT2D eigenvalue weighted by atomic mass is 9.91. The van der Waals surface area contributed by atoms with Crippen molar-refractivity contribution < 1.29 is 14.3 Å². The molecule has 1 aromatic rings. The van der Waals surface area contributed by atoms with Crippen molar-refractivity contribution in [2.24, 2.45) is 0 Å². The average molecular weight is 281 g/mol. The van der Waals surface area contributed by atoms with E-state index in [1.54, 1.807) is 0 Å². The molecule has 4 nitrogen and oxygen atoms in total. The highest BCUT2D eigenvalue weighted by molar-refractivity contribution is 6.05. The summed E-state index contributed by atoms with van der Waals surface area (Å²) in [5, 5.41) is 3.26. The van der Waals surface area contributed by atoms with Crippen molar-refractivity contribution >= 4 is 17.6 Å². The lowest BCUT2D eigenvalue weighted by Crippen LogP contribution is -2.24. The normalized spacial score (nSPS) is 19.6. The molecule has 1 heterocycles. The van der Waals surface area contributed by atoms with E-state index in [9.17, 15) is 9.59 Å². The van der Waals surface area contributed by atoms with Gasteiger partial charge in [0.1, 0.15) is 0 Å². The molecule has 0 aromatic heterocycles. The SMILES string of the molecule is Cc1ccccc1NC=C1C=C2CC(=O)OC(=O)C2=CC1. The number of benzene rings is 1. The summed E-state index contributed by atoms with van der Waals surface area (Å²) in [6, 6.07) is 8.00. The van der Waals surface area contributed by atoms with Gasteiger partial charge < -0.3 is 10.1 Å². The standard InChI is InChI=1S/C17H15NO3/c1-11-4-2-3-5-15(11)18-10-12-6-7-14-13(8-12)9-16(19)21-17(14)20/h2-5,7-8,10,18H,6,9H2,1H3. The second-order valence-electron chi connectivity index (χ2n) is 5.11. The number of aryl methyl sites for hydroxylation is 1. The maximum atomic E-state index is 11.6. The highest BCUT2D eigenvalue weighted by Crippen LogP contribution is 2.29. The molecule has 0 bridgehead atoms. The van der Waals surface area contributed by atoms with Gasteiger partial charge in [-0.15, -0.1) is 0 Å². The molecule has 106 valence electrons. The number of rotatable bonds is 2. The predicted octanol–water partition coefficient (Wildman–Crippen LogP) is 3.02. The van der Waals surface area contributed by atoms with E-state index in [0.717, 1.165) is 22.4 Å². The molecule has 2 aliphatic rings. The zero-order valence-electron chi connectivity index (χ0n) is 11.7. The van der Waals surface area contributed by atoms with E-state index in [2.05, 4.69) is 10.1 Å². The topological polar surface area (TPSA) is 55.4 Å². The minimum absolute atomic E-state index is 0.152. The second-order valence-corrected chi connectivity index (χ2v) is 5.11. The molecule has 1 aliphatic carbocycles. The van der Waals surface area contributed by atoms with Crippen molar-refractivity contribution in [1.29, 1.82) is 0 Å². The number of ether oxygens (including phenoxy) is 1. The number of nitrogens with one attached hydrogen (secondary N) is 1. The summed E-state index contributed by atoms with van der Waals surface area (Å²) < 4.78 is 4.61. The van der Waals surface area contributed by atoms with E-state index in [1.807, 2.05) is 49.5 Å². The Morgan fingerprint density at radius 3 is 2.86 bits per heavy atom. The quantitative estimate of drug-likeness (QED) is 0.668. The van der Waals surface area contributed by atoms with Crippen LogP contribution in [-0.4, -0.2) is 11.9 Å². The third-order valence-corrected chi connectivity index (χ3v) is 3.57. The van der Waals surface area contributed by atoms with Gasteiger partial charge in [-0.1, -0.05) is 30.4 Å². The first-order valence-electron chi connectivity index (χ1n) is 6.81. The number of hydrogen-bond acceptors (Lipinski definition) is 4. The van der Waals surface area contributed by atoms with Crippen LogP contribution in [0.15, 0.2) is 59.3 Å². The molecular weight excluding hydrogens is 266 g/mol. The number of hydrogen-bond donors (Lipinski definition) is 1. The number of para-hydroxylation sites is 1. The molecule has 0 amide bonds. The Morgan fingerprint density at radius 1 is 1.24 bits per heavy atom. The van der Waals surface area contributed by atoms with Gasteiger partial charge >= 0.3 is 11.9 Å². The number of cyclic esters (lactones) is 2. The van der Waals surface area contributed by atoms with Gasteiger partial charge in [0.2, 0.25) is 0 Å². The minimum Gasteiger partial charge on any atom is -0.389 e. The van der Waals surface area contributed by atoms with Crippen LogP contribution in [0.1, 0.15) is 18.4 Å². The van der Waals surface area contributed by atoms with Crippen molar-refractivity contribution in [3.63, 3.8) is 0 Å². The van der Waals surface area contributed by atoms with Crippen LogP contribution in [0.3, 0.4) is 0 Å². The Bertz CT molecular complexity index is 711. The van der Waals surface area contributed by atoms with Gasteiger partial charge in [0.15, 0.2) is 0 Å². The largest absolute Gasteiger partial charge is 0.389 e. The fourth-order valence-electron chi connectivity index (χ4n) is 2.43. The zero-order valence-corrected chi connectivity index (χ0v) is 11.7. The maximum Gasteiger partial charge on any atom is 0.345 e. The Balaban J connectivity index is 1.80. The molecule has 0 radical (unpaired) electrons. The van der Waals surface area contributed by atoms with Crippen LogP contribution >= 0.6 is 0 Å². The van der Waals surface area contributed by atoms with Gasteiger partial charge in [-0.05, 0) is 36.1 Å². The van der Waals surface area contributed by atoms with Gasteiger partial charge in [0.25, 0.3) is 0 Å². The summed E-state index contributed by atoms with van der Waals surface area (Å²) in [4.78, 5) is 22.9. The third-order valence-electron chi connectivity index (χ3n) is 3.57. The first-order valence-corrected chi connectivity index (χ1v) is 6.81. The lowest BCUT2D eigenvalue weighted by molar-refractivity contribution is -0.157. The number of fused-ring (bicyclic) bond motifs is 1. The minimum atomic E-state index is -0.539. The Labute approximate surface area is 122 Å². The van der Waals surface area contributed by atoms with Crippen molar-refractivity contribution in [3.05, 3.63) is 64.9 Å². The lowest BCUT2D eigenvalue weighted by Gasteiger charge is -2.20. The van der Waals surface area contributed by atoms with Crippen LogP contribution in [-0.2, 0) is 14.3 Å². The fraction of sp³-hybridized carbons (Fsp3) is 0.176. The van der Waals surface area contributed by atoms with E-state index in [1.165, 1.54) is 0 Å². The number of allylic oxidation sites excluding steroid dienone is 3. The van der Waals surface area contributed by atoms with Gasteiger partial charge in [-0.3, -0.25) is 4.79 Å². The summed E-state index contributed by atoms with van der Waals surface area (Å²) in [6.07, 6.45) is 6.40. The number of carbonyl (C=O) groups excluding carboxylic acids is 2. The molecule has 1 saturated heterocycles. The van der Waals surface area contributed by atoms with Crippen molar-refractivity contribution in [1.82, 2.24) is 0 Å². The molecular formula is C17H15NO3. The maximum absolute atomic E-state index is 11.6. The summed E-state index contributed by atoms with van der Waals surface area (Å²) in [5.41, 5.74) is 4.48. The average Bonchev–Trinajstić information content (AvgIpc) is 2.46. The first kappa shape index (κ1) is 13.4. The number of esters is 2. The number of anilines is 1. The second kappa shape index (κ2) is 5.40. The molecule has 0 saturated carbocycles. The molecule has 0 atom stereocenters. The Hall–Kier alpha value is -2.62. The van der Waals surface area contributed by atoms with E-state index in [4.69, 9.17) is 0 Å². The smallest absolute Gasteiger partial charge is 0.345 e. The highest BCUT2D eigenvalue weighted by atomic mass is 16.6. The van der Waals surface area contributed by atoms with E-state index in [0.29, 0.717) is 12.0 Å². The highest BCUT2D eigenvalue weighted by Gasteiger charge is 2.29. The van der Waals surface area contributed by atoms with Gasteiger partial charge in [-0.25, -0.2) is 4.79 Å². The van der Waals surface area contributed by atoms with Crippen molar-refractivity contribution in [2.45, 2.75) is 19.8 Å². The van der Waals surface area contributed by atoms with Crippen LogP contribution in [0.2, 0.25) is 0 Å². The summed E-state index contributed by atoms with van der Waals surface area (Å²) >= 11 is 0. The predicted molar refractivity (Wildman–Crippen MR) is 79.4 cm³/mol. The van der Waals surface area contributed by atoms with E-state index in [-0.39, 0.29) is 6.42 Å². The van der Waals surface area contributed by atoms with E-state index < -0.39 is 11.9 Å². The molecule has 0 unspecified atom stereocenters. The van der Waals surface area contributed by atoms with Crippen LogP contribution in [0.25, 0.3) is 0 Å². The molecule has 21 heavy (non-hydrogen) atoms. The van der Waals surface area contributed by atoms with Crippen LogP contribution in [0.5, 0.6) is 0 Å². The monoisotopic (exact) mass is 281 g/mol. The van der Waals surface area contributed by atoms with Crippen LogP contribution in [0, 0.1) is 6.92 Å². The van der Waals surface area contributed by atoms with E-state index >= 15 is 0 Å². The van der Waals surface area contributed by atoms with Crippen molar-refractivity contribution in [2.75, 3.05) is 5.32 Å². The van der Waals surface area contributed by atoms with Crippen LogP contribution < -0.4 is 5.32 Å². The van der Waals surface area contributed by atoms with Crippen LogP contribution in [0.4, 0.5) is 5.69 Å². The fourth-order valence-corrected chi connectivity index (χ4v) is 2.43. The molecule has 0 spiro atoms. The molecule has 3 rings (SSSR count). The zero-order chi connectivity index (χ0) is 14.8. The summed E-state index contributed by atoms with van der Waals surface area (Å²) in [5.74, 6) is -1.03. The Morgan fingerprint density at radius 2 is 2.05 bits per heavy atom. The molecule has 1 N–H and O–H groups in total. The van der Waals surface area contributed by atoms with Gasteiger partial charge in [0, 0.05) is 11.9 Å². The third kappa shape index (κ3) is 2.79. The summed E-state index contributed by atoms with van der Waals surface area (Å²) in [6.45, 7) is 2.04.